The van der Waals surface area contributed by atoms with E-state index in [0.29, 0.717) is 0 Å². The highest BCUT2D eigenvalue weighted by Gasteiger charge is 2.11. The van der Waals surface area contributed by atoms with Crippen LogP contribution in [0.3, 0.4) is 0 Å². The first-order chi connectivity index (χ1) is 9.51. The summed E-state index contributed by atoms with van der Waals surface area (Å²) in [6, 6.07) is 9.58. The molecule has 0 heterocycles. The van der Waals surface area contributed by atoms with Crippen molar-refractivity contribution in [1.29, 1.82) is 5.26 Å². The summed E-state index contributed by atoms with van der Waals surface area (Å²) in [7, 11) is 0. The molecule has 20 heavy (non-hydrogen) atoms. The number of nitrogens with one attached hydrogen (secondary N) is 1. The van der Waals surface area contributed by atoms with E-state index in [2.05, 4.69) is 27.9 Å². The maximum Gasteiger partial charge on any atom is 0.132 e. The maximum absolute atomic E-state index is 13.7. The Labute approximate surface area is 129 Å². The number of anilines is 1. The van der Waals surface area contributed by atoms with Gasteiger partial charge in [0.25, 0.3) is 0 Å². The van der Waals surface area contributed by atoms with Crippen molar-refractivity contribution in [3.63, 3.8) is 0 Å². The summed E-state index contributed by atoms with van der Waals surface area (Å²) < 4.78 is 28.6. The van der Waals surface area contributed by atoms with E-state index in [1.165, 1.54) is 0 Å². The summed E-state index contributed by atoms with van der Waals surface area (Å²) in [6.07, 6.45) is 0. The van der Waals surface area contributed by atoms with Gasteiger partial charge < -0.3 is 5.32 Å². The van der Waals surface area contributed by atoms with Gasteiger partial charge in [0.2, 0.25) is 0 Å². The summed E-state index contributed by atoms with van der Waals surface area (Å²) in [5.74, 6) is -1.42. The fourth-order valence-electron chi connectivity index (χ4n) is 1.85. The summed E-state index contributed by atoms with van der Waals surface area (Å²) >= 11 is 2.20. The second-order valence-electron chi connectivity index (χ2n) is 4.34. The van der Waals surface area contributed by atoms with Crippen LogP contribution in [0.4, 0.5) is 14.5 Å². The highest BCUT2D eigenvalue weighted by molar-refractivity contribution is 14.1. The quantitative estimate of drug-likeness (QED) is 0.799. The number of benzene rings is 2. The number of hydrogen-bond donors (Lipinski definition) is 1. The lowest BCUT2D eigenvalue weighted by atomic mass is 10.1. The Hall–Kier alpha value is -1.68. The Morgan fingerprint density at radius 2 is 1.85 bits per heavy atom. The van der Waals surface area contributed by atoms with E-state index in [1.807, 2.05) is 25.1 Å². The van der Waals surface area contributed by atoms with E-state index in [4.69, 9.17) is 5.26 Å². The number of hydrogen-bond acceptors (Lipinski definition) is 2. The predicted octanol–water partition coefficient (Wildman–Crippen LogP) is 4.36. The van der Waals surface area contributed by atoms with Gasteiger partial charge in [-0.2, -0.15) is 5.26 Å². The van der Waals surface area contributed by atoms with Gasteiger partial charge in [-0.15, -0.1) is 0 Å². The van der Waals surface area contributed by atoms with E-state index >= 15 is 0 Å². The maximum atomic E-state index is 13.7. The molecule has 2 aromatic rings. The second kappa shape index (κ2) is 6.18. The highest BCUT2D eigenvalue weighted by atomic mass is 127. The molecule has 102 valence electrons. The van der Waals surface area contributed by atoms with Crippen LogP contribution in [0.2, 0.25) is 0 Å². The minimum atomic E-state index is -0.711. The van der Waals surface area contributed by atoms with Crippen molar-refractivity contribution in [3.05, 3.63) is 62.2 Å². The zero-order valence-electron chi connectivity index (χ0n) is 10.7. The van der Waals surface area contributed by atoms with Crippen LogP contribution in [-0.4, -0.2) is 0 Å². The van der Waals surface area contributed by atoms with E-state index in [9.17, 15) is 8.78 Å². The van der Waals surface area contributed by atoms with Gasteiger partial charge in [-0.1, -0.05) is 0 Å². The van der Waals surface area contributed by atoms with E-state index in [1.54, 1.807) is 6.07 Å². The third kappa shape index (κ3) is 3.25. The van der Waals surface area contributed by atoms with Gasteiger partial charge in [-0.25, -0.2) is 8.78 Å². The number of nitriles is 1. The number of rotatable bonds is 3. The van der Waals surface area contributed by atoms with Crippen LogP contribution in [0.15, 0.2) is 30.3 Å². The Morgan fingerprint density at radius 1 is 1.20 bits per heavy atom. The van der Waals surface area contributed by atoms with Gasteiger partial charge >= 0.3 is 0 Å². The zero-order valence-corrected chi connectivity index (χ0v) is 12.8. The molecular weight excluding hydrogens is 373 g/mol. The van der Waals surface area contributed by atoms with Gasteiger partial charge in [0.1, 0.15) is 11.6 Å². The third-order valence-electron chi connectivity index (χ3n) is 2.91. The summed E-state index contributed by atoms with van der Waals surface area (Å²) in [5.41, 5.74) is 1.75. The fraction of sp³-hybridized carbons (Fsp3) is 0.133. The normalized spacial score (nSPS) is 10.2. The first-order valence-corrected chi connectivity index (χ1v) is 6.97. The van der Waals surface area contributed by atoms with Crippen LogP contribution < -0.4 is 5.32 Å². The summed E-state index contributed by atoms with van der Waals surface area (Å²) in [4.78, 5) is 0. The summed E-state index contributed by atoms with van der Waals surface area (Å²) in [5, 5.41) is 11.7. The van der Waals surface area contributed by atoms with Crippen molar-refractivity contribution in [2.45, 2.75) is 13.5 Å². The van der Waals surface area contributed by atoms with Crippen LogP contribution in [0.5, 0.6) is 0 Å². The molecule has 0 aromatic heterocycles. The fourth-order valence-corrected chi connectivity index (χ4v) is 2.49. The Kier molecular flexibility index (Phi) is 4.55. The van der Waals surface area contributed by atoms with E-state index in [0.717, 1.165) is 27.0 Å². The van der Waals surface area contributed by atoms with Gasteiger partial charge in [-0.05, 0) is 65.4 Å². The molecule has 5 heteroatoms. The van der Waals surface area contributed by atoms with Crippen LogP contribution in [0.1, 0.15) is 16.7 Å². The predicted molar refractivity (Wildman–Crippen MR) is 82.3 cm³/mol. The number of halogens is 3. The van der Waals surface area contributed by atoms with Crippen molar-refractivity contribution in [2.24, 2.45) is 0 Å². The molecule has 0 radical (unpaired) electrons. The molecule has 0 saturated heterocycles. The lowest BCUT2D eigenvalue weighted by Crippen LogP contribution is -2.06. The molecule has 0 aliphatic rings. The van der Waals surface area contributed by atoms with Crippen molar-refractivity contribution in [2.75, 3.05) is 5.32 Å². The van der Waals surface area contributed by atoms with Crippen LogP contribution >= 0.6 is 22.6 Å². The molecule has 1 N–H and O–H groups in total. The molecule has 2 nitrogen and oxygen atoms in total. The minimum absolute atomic E-state index is 0.0193. The first kappa shape index (κ1) is 14.7. The van der Waals surface area contributed by atoms with Crippen molar-refractivity contribution >= 4 is 28.3 Å². The smallest absolute Gasteiger partial charge is 0.132 e. The number of aryl methyl sites for hydroxylation is 1. The standard InChI is InChI=1S/C15H11F2IN2/c1-9-4-11(18)2-3-15(9)20-8-12-13(16)5-10(7-19)6-14(12)17/h2-6,20H,8H2,1H3. The summed E-state index contributed by atoms with van der Waals surface area (Å²) in [6.45, 7) is 1.96. The van der Waals surface area contributed by atoms with Gasteiger partial charge in [0, 0.05) is 21.4 Å². The first-order valence-electron chi connectivity index (χ1n) is 5.89. The van der Waals surface area contributed by atoms with Gasteiger partial charge in [-0.3, -0.25) is 0 Å². The largest absolute Gasteiger partial charge is 0.381 e. The third-order valence-corrected chi connectivity index (χ3v) is 3.59. The molecule has 2 rings (SSSR count). The average Bonchev–Trinajstić information content (AvgIpc) is 2.39. The van der Waals surface area contributed by atoms with Crippen molar-refractivity contribution in [1.82, 2.24) is 0 Å². The lowest BCUT2D eigenvalue weighted by Gasteiger charge is -2.11. The minimum Gasteiger partial charge on any atom is -0.381 e. The topological polar surface area (TPSA) is 35.8 Å². The molecule has 0 bridgehead atoms. The molecule has 0 amide bonds. The molecule has 0 spiro atoms. The SMILES string of the molecule is Cc1cc(I)ccc1NCc1c(F)cc(C#N)cc1F. The Morgan fingerprint density at radius 3 is 2.40 bits per heavy atom. The van der Waals surface area contributed by atoms with E-state index in [-0.39, 0.29) is 17.7 Å². The Balaban J connectivity index is 2.21. The van der Waals surface area contributed by atoms with Gasteiger partial charge in [0.15, 0.2) is 0 Å². The number of nitrogens with zero attached hydrogens (tertiary/aromatic N) is 1. The average molecular weight is 384 g/mol. The molecule has 2 aromatic carbocycles. The Bertz CT molecular complexity index is 670. The van der Waals surface area contributed by atoms with E-state index < -0.39 is 11.6 Å². The molecule has 0 atom stereocenters. The molecule has 0 fully saturated rings. The van der Waals surface area contributed by atoms with Crippen molar-refractivity contribution < 1.29 is 8.78 Å². The molecule has 0 unspecified atom stereocenters. The van der Waals surface area contributed by atoms with Crippen LogP contribution in [-0.2, 0) is 6.54 Å². The zero-order chi connectivity index (χ0) is 14.7. The molecule has 0 aliphatic heterocycles. The molecule has 0 aliphatic carbocycles. The van der Waals surface area contributed by atoms with Gasteiger partial charge in [0.05, 0.1) is 11.6 Å². The lowest BCUT2D eigenvalue weighted by molar-refractivity contribution is 0.559. The highest BCUT2D eigenvalue weighted by Crippen LogP contribution is 2.21. The molecular formula is C15H11F2IN2. The molecule has 0 saturated carbocycles. The monoisotopic (exact) mass is 384 g/mol. The van der Waals surface area contributed by atoms with Crippen LogP contribution in [0.25, 0.3) is 0 Å². The second-order valence-corrected chi connectivity index (χ2v) is 5.59. The van der Waals surface area contributed by atoms with Crippen molar-refractivity contribution in [3.8, 4) is 6.07 Å². The van der Waals surface area contributed by atoms with Crippen LogP contribution in [0, 0.1) is 33.5 Å².